The summed E-state index contributed by atoms with van der Waals surface area (Å²) in [4.78, 5) is 24.2. The first-order chi connectivity index (χ1) is 12.0. The number of carbonyl (C=O) groups excluding carboxylic acids is 2. The van der Waals surface area contributed by atoms with Crippen molar-refractivity contribution >= 4 is 39.5 Å². The molecule has 0 bridgehead atoms. The van der Waals surface area contributed by atoms with Crippen LogP contribution in [0.4, 0.5) is 0 Å². The largest absolute Gasteiger partial charge is 0.468 e. The Morgan fingerprint density at radius 2 is 1.80 bits per heavy atom. The summed E-state index contributed by atoms with van der Waals surface area (Å²) in [5, 5.41) is 12.7. The highest BCUT2D eigenvalue weighted by Gasteiger charge is 2.27. The Labute approximate surface area is 157 Å². The summed E-state index contributed by atoms with van der Waals surface area (Å²) in [5.74, 6) is -0.587. The molecule has 0 fully saturated rings. The Balaban J connectivity index is 2.17. The van der Waals surface area contributed by atoms with Crippen molar-refractivity contribution in [1.82, 2.24) is 20.2 Å². The first kappa shape index (κ1) is 19.3. The Bertz CT molecular complexity index is 737. The minimum Gasteiger partial charge on any atom is -0.468 e. The van der Waals surface area contributed by atoms with Crippen molar-refractivity contribution in [2.75, 3.05) is 14.2 Å². The number of tetrazole rings is 1. The molecule has 0 aliphatic carbocycles. The topological polar surface area (TPSA) is 96.2 Å². The van der Waals surface area contributed by atoms with Gasteiger partial charge in [0.05, 0.1) is 14.2 Å². The van der Waals surface area contributed by atoms with Crippen LogP contribution in [0.3, 0.4) is 0 Å². The lowest BCUT2D eigenvalue weighted by atomic mass is 10.1. The number of methoxy groups -OCH3 is 2. The molecule has 1 aromatic heterocycles. The number of aromatic nitrogens is 4. The van der Waals surface area contributed by atoms with Crippen molar-refractivity contribution in [3.05, 3.63) is 29.3 Å². The summed E-state index contributed by atoms with van der Waals surface area (Å²) < 4.78 is 9.45. The van der Waals surface area contributed by atoms with E-state index in [4.69, 9.17) is 16.3 Å². The minimum atomic E-state index is -0.803. The number of halogens is 2. The van der Waals surface area contributed by atoms with Gasteiger partial charge in [0.1, 0.15) is 4.83 Å². The third kappa shape index (κ3) is 4.99. The van der Waals surface area contributed by atoms with Crippen LogP contribution < -0.4 is 0 Å². The van der Waals surface area contributed by atoms with Gasteiger partial charge in [-0.1, -0.05) is 27.5 Å². The summed E-state index contributed by atoms with van der Waals surface area (Å²) in [7, 11) is 2.57. The van der Waals surface area contributed by atoms with Crippen LogP contribution in [-0.2, 0) is 19.1 Å². The molecule has 0 amide bonds. The number of nitrogens with zero attached hydrogens (tertiary/aromatic N) is 4. The van der Waals surface area contributed by atoms with Gasteiger partial charge in [0.25, 0.3) is 0 Å². The molecule has 0 saturated carbocycles. The summed E-state index contributed by atoms with van der Waals surface area (Å²) in [6.07, 6.45) is 0.609. The summed E-state index contributed by atoms with van der Waals surface area (Å²) in [6.45, 7) is 0. The molecule has 0 aliphatic heterocycles. The third-order valence-corrected chi connectivity index (χ3v) is 4.52. The Kier molecular flexibility index (Phi) is 6.89. The summed E-state index contributed by atoms with van der Waals surface area (Å²) >= 11 is 9.08. The monoisotopic (exact) mass is 430 g/mol. The van der Waals surface area contributed by atoms with Crippen LogP contribution in [0.2, 0.25) is 5.02 Å². The maximum atomic E-state index is 12.1. The maximum absolute atomic E-state index is 12.1. The average molecular weight is 432 g/mol. The molecule has 0 radical (unpaired) electrons. The first-order valence-electron chi connectivity index (χ1n) is 7.31. The van der Waals surface area contributed by atoms with Crippen LogP contribution in [0.1, 0.15) is 18.9 Å². The molecule has 2 unspecified atom stereocenters. The van der Waals surface area contributed by atoms with Gasteiger partial charge < -0.3 is 9.47 Å². The second-order valence-corrected chi connectivity index (χ2v) is 6.59. The van der Waals surface area contributed by atoms with Crippen molar-refractivity contribution in [2.45, 2.75) is 23.7 Å². The van der Waals surface area contributed by atoms with Crippen molar-refractivity contribution in [2.24, 2.45) is 0 Å². The third-order valence-electron chi connectivity index (χ3n) is 3.43. The molecule has 0 aliphatic rings. The molecule has 2 atom stereocenters. The van der Waals surface area contributed by atoms with Gasteiger partial charge in [0.2, 0.25) is 5.82 Å². The van der Waals surface area contributed by atoms with Gasteiger partial charge in [-0.2, -0.15) is 0 Å². The van der Waals surface area contributed by atoms with Crippen LogP contribution in [0, 0.1) is 0 Å². The molecule has 10 heteroatoms. The molecule has 2 rings (SSSR count). The molecule has 2 aromatic rings. The van der Waals surface area contributed by atoms with Crippen molar-refractivity contribution in [3.63, 3.8) is 0 Å². The number of hydrogen-bond acceptors (Lipinski definition) is 7. The van der Waals surface area contributed by atoms with E-state index in [-0.39, 0.29) is 6.42 Å². The Morgan fingerprint density at radius 1 is 1.16 bits per heavy atom. The number of benzene rings is 1. The van der Waals surface area contributed by atoms with E-state index in [2.05, 4.69) is 36.1 Å². The minimum absolute atomic E-state index is 0.272. The number of hydrogen-bond donors (Lipinski definition) is 0. The van der Waals surface area contributed by atoms with E-state index >= 15 is 0 Å². The van der Waals surface area contributed by atoms with Gasteiger partial charge in [-0.3, -0.25) is 4.79 Å². The summed E-state index contributed by atoms with van der Waals surface area (Å²) in [5.41, 5.74) is 0.715. The van der Waals surface area contributed by atoms with E-state index < -0.39 is 22.8 Å². The van der Waals surface area contributed by atoms with Gasteiger partial charge >= 0.3 is 11.9 Å². The second-order valence-electron chi connectivity index (χ2n) is 5.05. The summed E-state index contributed by atoms with van der Waals surface area (Å²) in [6, 6.07) is 6.12. The van der Waals surface area contributed by atoms with E-state index in [0.717, 1.165) is 0 Å². The predicted molar refractivity (Wildman–Crippen MR) is 93.3 cm³/mol. The normalized spacial score (nSPS) is 13.1. The quantitative estimate of drug-likeness (QED) is 0.490. The van der Waals surface area contributed by atoms with Crippen LogP contribution in [0.15, 0.2) is 24.3 Å². The van der Waals surface area contributed by atoms with Crippen LogP contribution in [0.5, 0.6) is 0 Å². The number of alkyl halides is 1. The molecule has 0 spiro atoms. The van der Waals surface area contributed by atoms with E-state index in [9.17, 15) is 9.59 Å². The highest BCUT2D eigenvalue weighted by Crippen LogP contribution is 2.21. The fraction of sp³-hybridized carbons (Fsp3) is 0.400. The zero-order chi connectivity index (χ0) is 18.4. The molecule has 8 nitrogen and oxygen atoms in total. The Hall–Kier alpha value is -2.00. The smallest absolute Gasteiger partial charge is 0.332 e. The fourth-order valence-electron chi connectivity index (χ4n) is 2.09. The predicted octanol–water partition coefficient (Wildman–Crippen LogP) is 2.42. The van der Waals surface area contributed by atoms with E-state index in [1.807, 2.05) is 0 Å². The molecular weight excluding hydrogens is 416 g/mol. The van der Waals surface area contributed by atoms with Crippen LogP contribution in [0.25, 0.3) is 11.4 Å². The highest BCUT2D eigenvalue weighted by molar-refractivity contribution is 9.10. The zero-order valence-corrected chi connectivity index (χ0v) is 15.9. The fourth-order valence-corrected chi connectivity index (χ4v) is 2.66. The average Bonchev–Trinajstić information content (AvgIpc) is 3.11. The van der Waals surface area contributed by atoms with Crippen LogP contribution in [-0.4, -0.2) is 51.2 Å². The molecule has 134 valence electrons. The van der Waals surface area contributed by atoms with Crippen molar-refractivity contribution in [1.29, 1.82) is 0 Å². The SMILES string of the molecule is COC(=O)C(Br)CCC(C(=O)OC)n1nnc(-c2ccc(Cl)cc2)n1. The first-order valence-corrected chi connectivity index (χ1v) is 8.60. The molecule has 0 saturated heterocycles. The lowest BCUT2D eigenvalue weighted by molar-refractivity contribution is -0.146. The molecule has 1 aromatic carbocycles. The van der Waals surface area contributed by atoms with E-state index in [0.29, 0.717) is 22.8 Å². The van der Waals surface area contributed by atoms with Crippen molar-refractivity contribution < 1.29 is 19.1 Å². The van der Waals surface area contributed by atoms with Crippen molar-refractivity contribution in [3.8, 4) is 11.4 Å². The van der Waals surface area contributed by atoms with Gasteiger partial charge in [0, 0.05) is 10.6 Å². The number of rotatable bonds is 7. The van der Waals surface area contributed by atoms with Gasteiger partial charge in [-0.15, -0.1) is 15.0 Å². The van der Waals surface area contributed by atoms with Crippen LogP contribution >= 0.6 is 27.5 Å². The molecule has 0 N–H and O–H groups in total. The molecular formula is C15H16BrClN4O4. The number of esters is 2. The van der Waals surface area contributed by atoms with Gasteiger partial charge in [-0.25, -0.2) is 4.79 Å². The number of ether oxygens (including phenoxy) is 2. The molecule has 1 heterocycles. The van der Waals surface area contributed by atoms with E-state index in [1.54, 1.807) is 24.3 Å². The molecule has 25 heavy (non-hydrogen) atoms. The maximum Gasteiger partial charge on any atom is 0.332 e. The zero-order valence-electron chi connectivity index (χ0n) is 13.6. The number of carbonyl (C=O) groups is 2. The van der Waals surface area contributed by atoms with E-state index in [1.165, 1.54) is 19.0 Å². The standard InChI is InChI=1S/C15H16BrClN4O4/c1-24-14(22)11(16)7-8-12(15(23)25-2)21-19-13(18-20-21)9-3-5-10(17)6-4-9/h3-6,11-12H,7-8H2,1-2H3. The van der Waals surface area contributed by atoms with Gasteiger partial charge in [0.15, 0.2) is 6.04 Å². The highest BCUT2D eigenvalue weighted by atomic mass is 79.9. The van der Waals surface area contributed by atoms with Gasteiger partial charge in [-0.05, 0) is 42.3 Å². The second kappa shape index (κ2) is 8.91. The lowest BCUT2D eigenvalue weighted by Crippen LogP contribution is -2.25. The Morgan fingerprint density at radius 3 is 2.40 bits per heavy atom. The lowest BCUT2D eigenvalue weighted by Gasteiger charge is -2.14.